The first-order valence-corrected chi connectivity index (χ1v) is 7.75. The Balaban J connectivity index is 2.00. The van der Waals surface area contributed by atoms with E-state index in [1.165, 1.54) is 17.6 Å². The van der Waals surface area contributed by atoms with Gasteiger partial charge < -0.3 is 19.3 Å². The molecular weight excluding hydrogens is 343 g/mol. The number of carbonyl (C=O) groups is 1. The topological polar surface area (TPSA) is 82.3 Å². The predicted molar refractivity (Wildman–Crippen MR) is 90.6 cm³/mol. The minimum atomic E-state index is -1.44. The van der Waals surface area contributed by atoms with E-state index in [9.17, 15) is 9.18 Å². The van der Waals surface area contributed by atoms with Gasteiger partial charge in [0, 0.05) is 6.20 Å². The number of pyridine rings is 1. The second kappa shape index (κ2) is 6.91. The minimum Gasteiger partial charge on any atom is -0.496 e. The molecule has 0 amide bonds. The highest BCUT2D eigenvalue weighted by Gasteiger charge is 2.18. The predicted octanol–water partition coefficient (Wildman–Crippen LogP) is 3.73. The molecule has 0 bridgehead atoms. The molecule has 1 aromatic carbocycles. The molecule has 0 radical (unpaired) electrons. The molecule has 0 aliphatic heterocycles. The highest BCUT2D eigenvalue weighted by atomic mass is 19.1. The molecule has 2 aromatic heterocycles. The zero-order chi connectivity index (χ0) is 18.8. The van der Waals surface area contributed by atoms with Crippen molar-refractivity contribution in [2.45, 2.75) is 20.5 Å². The van der Waals surface area contributed by atoms with Crippen LogP contribution in [0.2, 0.25) is 0 Å². The van der Waals surface area contributed by atoms with Crippen LogP contribution in [0.15, 0.2) is 30.5 Å². The summed E-state index contributed by atoms with van der Waals surface area (Å²) in [4.78, 5) is 15.2. The van der Waals surface area contributed by atoms with E-state index in [4.69, 9.17) is 19.3 Å². The number of halogens is 1. The number of imidazole rings is 1. The third-order valence-corrected chi connectivity index (χ3v) is 3.79. The molecule has 0 unspecified atom stereocenters. The number of rotatable bonds is 5. The van der Waals surface area contributed by atoms with Gasteiger partial charge >= 0.3 is 6.16 Å². The first-order chi connectivity index (χ1) is 12.4. The number of aryl methyl sites for hydroxylation is 2. The van der Waals surface area contributed by atoms with Gasteiger partial charge in [0.15, 0.2) is 11.4 Å². The number of carboxylic acid groups (broad SMARTS) is 1. The van der Waals surface area contributed by atoms with Crippen molar-refractivity contribution in [2.75, 3.05) is 7.11 Å². The maximum absolute atomic E-state index is 14.1. The Labute approximate surface area is 148 Å². The molecule has 0 atom stereocenters. The third-order valence-electron chi connectivity index (χ3n) is 3.79. The van der Waals surface area contributed by atoms with Gasteiger partial charge in [0.1, 0.15) is 23.9 Å². The second-order valence-corrected chi connectivity index (χ2v) is 5.65. The van der Waals surface area contributed by atoms with Crippen molar-refractivity contribution in [2.24, 2.45) is 0 Å². The molecule has 1 N–H and O–H groups in total. The van der Waals surface area contributed by atoms with E-state index in [1.807, 2.05) is 6.92 Å². The molecule has 8 heteroatoms. The summed E-state index contributed by atoms with van der Waals surface area (Å²) in [6.45, 7) is 3.37. The van der Waals surface area contributed by atoms with E-state index < -0.39 is 12.0 Å². The van der Waals surface area contributed by atoms with Crippen LogP contribution in [0.5, 0.6) is 17.4 Å². The normalized spacial score (nSPS) is 10.8. The van der Waals surface area contributed by atoms with Gasteiger partial charge in [-0.25, -0.2) is 14.2 Å². The maximum Gasteiger partial charge on any atom is 0.512 e. The molecule has 3 aromatic rings. The first-order valence-electron chi connectivity index (χ1n) is 7.75. The molecule has 0 aliphatic carbocycles. The number of nitrogens with zero attached hydrogens (tertiary/aromatic N) is 2. The smallest absolute Gasteiger partial charge is 0.496 e. The van der Waals surface area contributed by atoms with E-state index >= 15 is 0 Å². The standard InChI is InChI=1S/C18H17FN2O5/c1-10-7-15(25-9-12-13(19)5-4-6-14(12)24-3)16-20-11(2)17(21(16)8-10)26-18(22)23/h4-8H,9H2,1-3H3,(H,22,23). The molecule has 0 aliphatic rings. The summed E-state index contributed by atoms with van der Waals surface area (Å²) in [5, 5.41) is 8.90. The third kappa shape index (κ3) is 3.26. The summed E-state index contributed by atoms with van der Waals surface area (Å²) in [6, 6.07) is 6.26. The van der Waals surface area contributed by atoms with Crippen molar-refractivity contribution in [3.63, 3.8) is 0 Å². The van der Waals surface area contributed by atoms with Crippen LogP contribution in [0.1, 0.15) is 16.8 Å². The molecule has 0 spiro atoms. The number of methoxy groups -OCH3 is 1. The molecular formula is C18H17FN2O5. The van der Waals surface area contributed by atoms with E-state index in [0.29, 0.717) is 22.8 Å². The summed E-state index contributed by atoms with van der Waals surface area (Å²) in [5.74, 6) is 0.397. The Morgan fingerprint density at radius 2 is 2.08 bits per heavy atom. The van der Waals surface area contributed by atoms with Crippen molar-refractivity contribution in [3.05, 3.63) is 53.1 Å². The van der Waals surface area contributed by atoms with E-state index in [-0.39, 0.29) is 18.1 Å². The molecule has 7 nitrogen and oxygen atoms in total. The largest absolute Gasteiger partial charge is 0.512 e. The molecule has 3 rings (SSSR count). The summed E-state index contributed by atoms with van der Waals surface area (Å²) >= 11 is 0. The van der Waals surface area contributed by atoms with E-state index in [0.717, 1.165) is 5.56 Å². The van der Waals surface area contributed by atoms with Gasteiger partial charge in [-0.2, -0.15) is 0 Å². The van der Waals surface area contributed by atoms with Crippen LogP contribution in [0.4, 0.5) is 9.18 Å². The minimum absolute atomic E-state index is 0.0734. The van der Waals surface area contributed by atoms with Gasteiger partial charge in [0.25, 0.3) is 0 Å². The number of aromatic nitrogens is 2. The van der Waals surface area contributed by atoms with Gasteiger partial charge in [-0.15, -0.1) is 0 Å². The second-order valence-electron chi connectivity index (χ2n) is 5.65. The Morgan fingerprint density at radius 3 is 2.77 bits per heavy atom. The van der Waals surface area contributed by atoms with Crippen LogP contribution < -0.4 is 14.2 Å². The van der Waals surface area contributed by atoms with Crippen molar-refractivity contribution < 1.29 is 28.5 Å². The van der Waals surface area contributed by atoms with Crippen LogP contribution in [0.3, 0.4) is 0 Å². The Hall–Kier alpha value is -3.29. The average molecular weight is 360 g/mol. The van der Waals surface area contributed by atoms with Crippen LogP contribution >= 0.6 is 0 Å². The molecule has 0 saturated carbocycles. The summed E-state index contributed by atoms with van der Waals surface area (Å²) in [7, 11) is 1.45. The summed E-state index contributed by atoms with van der Waals surface area (Å²) in [6.07, 6.45) is 0.249. The van der Waals surface area contributed by atoms with Crippen molar-refractivity contribution in [3.8, 4) is 17.4 Å². The SMILES string of the molecule is COc1cccc(F)c1COc1cc(C)cn2c(OC(=O)O)c(C)nc12. The van der Waals surface area contributed by atoms with Gasteiger partial charge in [-0.05, 0) is 37.6 Å². The lowest BCUT2D eigenvalue weighted by atomic mass is 10.2. The van der Waals surface area contributed by atoms with Gasteiger partial charge in [0.2, 0.25) is 5.88 Å². The number of ether oxygens (including phenoxy) is 3. The van der Waals surface area contributed by atoms with Crippen molar-refractivity contribution in [1.29, 1.82) is 0 Å². The number of hydrogen-bond donors (Lipinski definition) is 1. The average Bonchev–Trinajstić information content (AvgIpc) is 2.89. The van der Waals surface area contributed by atoms with Crippen molar-refractivity contribution >= 4 is 11.8 Å². The number of benzene rings is 1. The van der Waals surface area contributed by atoms with E-state index in [2.05, 4.69) is 4.98 Å². The lowest BCUT2D eigenvalue weighted by Crippen LogP contribution is -2.07. The molecule has 136 valence electrons. The van der Waals surface area contributed by atoms with Crippen LogP contribution in [-0.4, -0.2) is 27.8 Å². The lowest BCUT2D eigenvalue weighted by molar-refractivity contribution is 0.141. The Morgan fingerprint density at radius 1 is 1.31 bits per heavy atom. The Kier molecular flexibility index (Phi) is 4.66. The first kappa shape index (κ1) is 17.5. The van der Waals surface area contributed by atoms with Crippen LogP contribution in [-0.2, 0) is 6.61 Å². The fraction of sp³-hybridized carbons (Fsp3) is 0.222. The quantitative estimate of drug-likeness (QED) is 0.698. The lowest BCUT2D eigenvalue weighted by Gasteiger charge is -2.12. The fourth-order valence-electron chi connectivity index (χ4n) is 2.67. The molecule has 0 saturated heterocycles. The molecule has 2 heterocycles. The van der Waals surface area contributed by atoms with Gasteiger partial charge in [-0.3, -0.25) is 4.40 Å². The summed E-state index contributed by atoms with van der Waals surface area (Å²) < 4.78 is 31.3. The summed E-state index contributed by atoms with van der Waals surface area (Å²) in [5.41, 5.74) is 1.84. The van der Waals surface area contributed by atoms with E-state index in [1.54, 1.807) is 31.3 Å². The number of fused-ring (bicyclic) bond motifs is 1. The monoisotopic (exact) mass is 360 g/mol. The molecule has 0 fully saturated rings. The van der Waals surface area contributed by atoms with Crippen LogP contribution in [0.25, 0.3) is 5.65 Å². The van der Waals surface area contributed by atoms with Crippen LogP contribution in [0, 0.1) is 19.7 Å². The maximum atomic E-state index is 14.1. The zero-order valence-electron chi connectivity index (χ0n) is 14.4. The Bertz CT molecular complexity index is 983. The number of hydrogen-bond acceptors (Lipinski definition) is 5. The van der Waals surface area contributed by atoms with Crippen molar-refractivity contribution in [1.82, 2.24) is 9.38 Å². The molecule has 26 heavy (non-hydrogen) atoms. The zero-order valence-corrected chi connectivity index (χ0v) is 14.4. The van der Waals surface area contributed by atoms with Gasteiger partial charge in [-0.1, -0.05) is 6.07 Å². The fourth-order valence-corrected chi connectivity index (χ4v) is 2.67. The highest BCUT2D eigenvalue weighted by molar-refractivity contribution is 5.64. The highest BCUT2D eigenvalue weighted by Crippen LogP contribution is 2.30. The van der Waals surface area contributed by atoms with Gasteiger partial charge in [0.05, 0.1) is 12.7 Å².